The fraction of sp³-hybridized carbons (Fsp3) is 0.333. The maximum Gasteiger partial charge on any atom is 0.355 e. The maximum atomic E-state index is 12.4. The van der Waals surface area contributed by atoms with Crippen LogP contribution in [0.5, 0.6) is 0 Å². The molecule has 10 nitrogen and oxygen atoms in total. The van der Waals surface area contributed by atoms with E-state index in [2.05, 4.69) is 5.10 Å². The van der Waals surface area contributed by atoms with E-state index in [0.717, 1.165) is 0 Å². The molecular formula is C21H23N3O7. The molecule has 0 amide bonds. The second-order valence-electron chi connectivity index (χ2n) is 6.51. The summed E-state index contributed by atoms with van der Waals surface area (Å²) in [5, 5.41) is 4.27. The predicted molar refractivity (Wildman–Crippen MR) is 109 cm³/mol. The van der Waals surface area contributed by atoms with Gasteiger partial charge in [0.2, 0.25) is 0 Å². The van der Waals surface area contributed by atoms with E-state index in [1.54, 1.807) is 42.8 Å². The highest BCUT2D eigenvalue weighted by atomic mass is 16.5. The van der Waals surface area contributed by atoms with Crippen LogP contribution in [0.1, 0.15) is 23.0 Å². The highest BCUT2D eigenvalue weighted by molar-refractivity contribution is 6.03. The lowest BCUT2D eigenvalue weighted by Gasteiger charge is -2.31. The summed E-state index contributed by atoms with van der Waals surface area (Å²) in [6.45, 7) is 3.78. The van der Waals surface area contributed by atoms with Gasteiger partial charge < -0.3 is 23.8 Å². The van der Waals surface area contributed by atoms with E-state index in [4.69, 9.17) is 18.9 Å². The number of rotatable bonds is 6. The van der Waals surface area contributed by atoms with Crippen molar-refractivity contribution < 1.29 is 33.3 Å². The van der Waals surface area contributed by atoms with Gasteiger partial charge >= 0.3 is 17.9 Å². The van der Waals surface area contributed by atoms with E-state index < -0.39 is 17.9 Å². The van der Waals surface area contributed by atoms with Crippen LogP contribution < -0.4 is 4.90 Å². The molecule has 0 radical (unpaired) electrons. The monoisotopic (exact) mass is 429 g/mol. The van der Waals surface area contributed by atoms with Crippen LogP contribution in [0, 0.1) is 6.92 Å². The van der Waals surface area contributed by atoms with Gasteiger partial charge in [-0.15, -0.1) is 0 Å². The van der Waals surface area contributed by atoms with E-state index in [1.165, 1.54) is 25.3 Å². The molecule has 1 aliphatic rings. The molecule has 0 spiro atoms. The second-order valence-corrected chi connectivity index (χ2v) is 6.51. The Morgan fingerprint density at radius 2 is 1.68 bits per heavy atom. The molecule has 164 valence electrons. The first-order chi connectivity index (χ1) is 14.9. The second kappa shape index (κ2) is 9.43. The van der Waals surface area contributed by atoms with Crippen LogP contribution in [0.15, 0.2) is 41.7 Å². The fourth-order valence-electron chi connectivity index (χ4n) is 3.20. The summed E-state index contributed by atoms with van der Waals surface area (Å²) in [6.07, 6.45) is 1.46. The lowest BCUT2D eigenvalue weighted by atomic mass is 10.1. The maximum absolute atomic E-state index is 12.4. The van der Waals surface area contributed by atoms with Crippen molar-refractivity contribution in [1.82, 2.24) is 9.78 Å². The molecule has 0 unspecified atom stereocenters. The van der Waals surface area contributed by atoms with Gasteiger partial charge in [0.25, 0.3) is 0 Å². The van der Waals surface area contributed by atoms with Crippen molar-refractivity contribution in [2.45, 2.75) is 13.8 Å². The predicted octanol–water partition coefficient (Wildman–Crippen LogP) is 1.75. The van der Waals surface area contributed by atoms with Gasteiger partial charge in [-0.1, -0.05) is 0 Å². The molecule has 1 aromatic heterocycles. The van der Waals surface area contributed by atoms with E-state index in [0.29, 0.717) is 22.6 Å². The van der Waals surface area contributed by atoms with E-state index in [1.807, 2.05) is 0 Å². The molecule has 10 heteroatoms. The zero-order chi connectivity index (χ0) is 22.5. The van der Waals surface area contributed by atoms with Gasteiger partial charge in [-0.2, -0.15) is 5.10 Å². The highest BCUT2D eigenvalue weighted by Crippen LogP contribution is 2.28. The normalized spacial score (nSPS) is 13.7. The Morgan fingerprint density at radius 3 is 2.29 bits per heavy atom. The molecule has 1 aromatic carbocycles. The molecule has 0 saturated carbocycles. The summed E-state index contributed by atoms with van der Waals surface area (Å²) in [5.41, 5.74) is 2.46. The number of hydrogen-bond donors (Lipinski definition) is 0. The van der Waals surface area contributed by atoms with Crippen molar-refractivity contribution in [3.05, 3.63) is 53.0 Å². The van der Waals surface area contributed by atoms with Crippen molar-refractivity contribution in [2.24, 2.45) is 0 Å². The third-order valence-corrected chi connectivity index (χ3v) is 4.74. The largest absolute Gasteiger partial charge is 0.466 e. The van der Waals surface area contributed by atoms with Crippen molar-refractivity contribution >= 4 is 23.6 Å². The Bertz CT molecular complexity index is 1020. The summed E-state index contributed by atoms with van der Waals surface area (Å²) >= 11 is 0. The molecule has 1 aliphatic heterocycles. The average Bonchev–Trinajstić information content (AvgIpc) is 3.19. The standard InChI is InChI=1S/C21H23N3O7/c1-5-31-20(26)16-10-22-24(13(16)2)15-8-6-14(7-9-15)23-12-30-11-17(19(25)28-3)18(23)21(27)29-4/h6-10H,5,11-12H2,1-4H3. The number of ether oxygens (including phenoxy) is 4. The third-order valence-electron chi connectivity index (χ3n) is 4.74. The van der Waals surface area contributed by atoms with E-state index >= 15 is 0 Å². The van der Waals surface area contributed by atoms with Gasteiger partial charge in [0.1, 0.15) is 18.0 Å². The zero-order valence-corrected chi connectivity index (χ0v) is 17.7. The third kappa shape index (κ3) is 4.29. The van der Waals surface area contributed by atoms with Gasteiger partial charge in [0.15, 0.2) is 0 Å². The van der Waals surface area contributed by atoms with Crippen LogP contribution >= 0.6 is 0 Å². The molecule has 2 heterocycles. The van der Waals surface area contributed by atoms with Gasteiger partial charge in [0, 0.05) is 5.69 Å². The number of carbonyl (C=O) groups is 3. The van der Waals surface area contributed by atoms with Gasteiger partial charge in [-0.25, -0.2) is 19.1 Å². The topological polar surface area (TPSA) is 109 Å². The molecule has 0 saturated heterocycles. The number of methoxy groups -OCH3 is 2. The van der Waals surface area contributed by atoms with Crippen LogP contribution in [-0.4, -0.2) is 61.9 Å². The number of nitrogens with zero attached hydrogens (tertiary/aromatic N) is 3. The number of aromatic nitrogens is 2. The lowest BCUT2D eigenvalue weighted by Crippen LogP contribution is -2.38. The summed E-state index contributed by atoms with van der Waals surface area (Å²) in [5.74, 6) is -1.77. The summed E-state index contributed by atoms with van der Waals surface area (Å²) < 4.78 is 21.8. The van der Waals surface area contributed by atoms with Crippen molar-refractivity contribution in [3.63, 3.8) is 0 Å². The molecule has 0 aliphatic carbocycles. The minimum absolute atomic E-state index is 0.0536. The molecular weight excluding hydrogens is 406 g/mol. The number of anilines is 1. The zero-order valence-electron chi connectivity index (χ0n) is 17.7. The van der Waals surface area contributed by atoms with Gasteiger partial charge in [0.05, 0.1) is 50.6 Å². The molecule has 2 aromatic rings. The first kappa shape index (κ1) is 22.0. The number of esters is 3. The quantitative estimate of drug-likeness (QED) is 0.501. The van der Waals surface area contributed by atoms with E-state index in [-0.39, 0.29) is 31.2 Å². The number of carbonyl (C=O) groups excluding carboxylic acids is 3. The number of benzene rings is 1. The van der Waals surface area contributed by atoms with Crippen LogP contribution in [0.4, 0.5) is 5.69 Å². The smallest absolute Gasteiger partial charge is 0.355 e. The Morgan fingerprint density at radius 1 is 1.03 bits per heavy atom. The van der Waals surface area contributed by atoms with Gasteiger partial charge in [-0.3, -0.25) is 0 Å². The SMILES string of the molecule is CCOC(=O)c1cnn(-c2ccc(N3COCC(C(=O)OC)=C3C(=O)OC)cc2)c1C. The van der Waals surface area contributed by atoms with Crippen molar-refractivity contribution in [3.8, 4) is 5.69 Å². The minimum Gasteiger partial charge on any atom is -0.466 e. The first-order valence-corrected chi connectivity index (χ1v) is 9.50. The van der Waals surface area contributed by atoms with Crippen LogP contribution in [0.25, 0.3) is 5.69 Å². The lowest BCUT2D eigenvalue weighted by molar-refractivity contribution is -0.140. The molecule has 3 rings (SSSR count). The summed E-state index contributed by atoms with van der Waals surface area (Å²) in [7, 11) is 2.47. The molecule has 31 heavy (non-hydrogen) atoms. The fourth-order valence-corrected chi connectivity index (χ4v) is 3.20. The van der Waals surface area contributed by atoms with Crippen molar-refractivity contribution in [1.29, 1.82) is 0 Å². The van der Waals surface area contributed by atoms with Crippen LogP contribution in [0.2, 0.25) is 0 Å². The number of hydrogen-bond acceptors (Lipinski definition) is 9. The Kier molecular flexibility index (Phi) is 6.71. The minimum atomic E-state index is -0.672. The van der Waals surface area contributed by atoms with E-state index in [9.17, 15) is 14.4 Å². The molecule has 0 atom stereocenters. The summed E-state index contributed by atoms with van der Waals surface area (Å²) in [4.78, 5) is 38.1. The molecule has 0 N–H and O–H groups in total. The first-order valence-electron chi connectivity index (χ1n) is 9.50. The van der Waals surface area contributed by atoms with Crippen molar-refractivity contribution in [2.75, 3.05) is 39.1 Å². The van der Waals surface area contributed by atoms with Crippen LogP contribution in [0.3, 0.4) is 0 Å². The Hall–Kier alpha value is -3.66. The molecule has 0 fully saturated rings. The average molecular weight is 429 g/mol. The van der Waals surface area contributed by atoms with Crippen LogP contribution in [-0.2, 0) is 28.5 Å². The molecule has 0 bridgehead atoms. The van der Waals surface area contributed by atoms with Gasteiger partial charge in [-0.05, 0) is 38.1 Å². The summed E-state index contributed by atoms with van der Waals surface area (Å²) in [6, 6.07) is 7.02. The highest BCUT2D eigenvalue weighted by Gasteiger charge is 2.32. The Labute approximate surface area is 178 Å². The Balaban J connectivity index is 1.95.